The summed E-state index contributed by atoms with van der Waals surface area (Å²) >= 11 is 1.79. The highest BCUT2D eigenvalue weighted by atomic mass is 32.2. The number of rotatable bonds is 22. The summed E-state index contributed by atoms with van der Waals surface area (Å²) in [6.45, 7) is 4.44. The molecule has 2 N–H and O–H groups in total. The maximum Gasteiger partial charge on any atom is 0.220 e. The van der Waals surface area contributed by atoms with Crippen molar-refractivity contribution in [2.45, 2.75) is 129 Å². The van der Waals surface area contributed by atoms with Crippen LogP contribution in [0, 0.1) is 0 Å². The number of nitrogens with one attached hydrogen (secondary N) is 1. The summed E-state index contributed by atoms with van der Waals surface area (Å²) in [5, 5.41) is 14.4. The standard InChI is InChI=1S/C25H49NO2S/c1-3-5-7-9-10-11-12-13-14-16-18-21-29-22-20-24(23-27)26-25(28)19-17-15-8-6-4-2/h20,22,24,27H,3-19,21,23H2,1-2H3,(H,26,28). The van der Waals surface area contributed by atoms with Crippen LogP contribution in [0.4, 0.5) is 0 Å². The molecule has 3 nitrogen and oxygen atoms in total. The average Bonchev–Trinajstić information content (AvgIpc) is 2.73. The van der Waals surface area contributed by atoms with Crippen molar-refractivity contribution in [2.75, 3.05) is 12.4 Å². The molecule has 0 heterocycles. The SMILES string of the molecule is CCCCCCCCCCCCCSC=CC(CO)NC(=O)CCCCCCC. The number of aliphatic hydroxyl groups excluding tert-OH is 1. The molecule has 0 rings (SSSR count). The topological polar surface area (TPSA) is 49.3 Å². The van der Waals surface area contributed by atoms with E-state index in [1.165, 1.54) is 89.9 Å². The zero-order valence-corrected chi connectivity index (χ0v) is 20.2. The summed E-state index contributed by atoms with van der Waals surface area (Å²) < 4.78 is 0. The molecule has 1 atom stereocenters. The van der Waals surface area contributed by atoms with Crippen LogP contribution in [0.3, 0.4) is 0 Å². The third kappa shape index (κ3) is 22.0. The smallest absolute Gasteiger partial charge is 0.220 e. The van der Waals surface area contributed by atoms with Gasteiger partial charge < -0.3 is 10.4 Å². The fourth-order valence-electron chi connectivity index (χ4n) is 3.39. The predicted octanol–water partition coefficient (Wildman–Crippen LogP) is 7.38. The van der Waals surface area contributed by atoms with E-state index in [1.807, 2.05) is 11.5 Å². The minimum Gasteiger partial charge on any atom is -0.394 e. The summed E-state index contributed by atoms with van der Waals surface area (Å²) in [6, 6.07) is -0.247. The van der Waals surface area contributed by atoms with Gasteiger partial charge in [0.25, 0.3) is 0 Å². The Labute approximate surface area is 185 Å². The lowest BCUT2D eigenvalue weighted by atomic mass is 10.1. The van der Waals surface area contributed by atoms with Crippen LogP contribution in [0.25, 0.3) is 0 Å². The number of carbonyl (C=O) groups excluding carboxylic acids is 1. The van der Waals surface area contributed by atoms with E-state index in [4.69, 9.17) is 0 Å². The zero-order chi connectivity index (χ0) is 21.4. The van der Waals surface area contributed by atoms with Crippen LogP contribution >= 0.6 is 11.8 Å². The van der Waals surface area contributed by atoms with Crippen LogP contribution in [-0.2, 0) is 4.79 Å². The highest BCUT2D eigenvalue weighted by Gasteiger charge is 2.07. The Balaban J connectivity index is 3.50. The second kappa shape index (κ2) is 23.8. The van der Waals surface area contributed by atoms with Gasteiger partial charge in [0, 0.05) is 6.42 Å². The first-order chi connectivity index (χ1) is 14.2. The maximum atomic E-state index is 11.9. The molecule has 0 aromatic carbocycles. The summed E-state index contributed by atoms with van der Waals surface area (Å²) in [4.78, 5) is 11.9. The number of aliphatic hydroxyl groups is 1. The van der Waals surface area contributed by atoms with Crippen molar-refractivity contribution >= 4 is 17.7 Å². The van der Waals surface area contributed by atoms with Gasteiger partial charge in [0.2, 0.25) is 5.91 Å². The number of unbranched alkanes of at least 4 members (excludes halogenated alkanes) is 14. The first kappa shape index (κ1) is 28.5. The Kier molecular flexibility index (Phi) is 23.4. The van der Waals surface area contributed by atoms with Crippen molar-refractivity contribution in [3.63, 3.8) is 0 Å². The van der Waals surface area contributed by atoms with Crippen molar-refractivity contribution in [1.29, 1.82) is 0 Å². The van der Waals surface area contributed by atoms with Crippen LogP contribution in [0.1, 0.15) is 123 Å². The van der Waals surface area contributed by atoms with E-state index in [2.05, 4.69) is 19.2 Å². The molecule has 0 spiro atoms. The van der Waals surface area contributed by atoms with Crippen molar-refractivity contribution in [1.82, 2.24) is 5.32 Å². The van der Waals surface area contributed by atoms with E-state index >= 15 is 0 Å². The van der Waals surface area contributed by atoms with E-state index in [-0.39, 0.29) is 18.6 Å². The average molecular weight is 428 g/mol. The van der Waals surface area contributed by atoms with Gasteiger partial charge in [-0.15, -0.1) is 11.8 Å². The van der Waals surface area contributed by atoms with Crippen molar-refractivity contribution < 1.29 is 9.90 Å². The van der Waals surface area contributed by atoms with Crippen molar-refractivity contribution in [3.05, 3.63) is 11.5 Å². The van der Waals surface area contributed by atoms with E-state index in [0.29, 0.717) is 6.42 Å². The molecule has 0 saturated heterocycles. The molecule has 0 aliphatic heterocycles. The Morgan fingerprint density at radius 1 is 0.793 bits per heavy atom. The third-order valence-electron chi connectivity index (χ3n) is 5.32. The lowest BCUT2D eigenvalue weighted by molar-refractivity contribution is -0.121. The predicted molar refractivity (Wildman–Crippen MR) is 130 cm³/mol. The number of carbonyl (C=O) groups is 1. The second-order valence-corrected chi connectivity index (χ2v) is 9.27. The van der Waals surface area contributed by atoms with Crippen LogP contribution in [0.15, 0.2) is 11.5 Å². The molecule has 0 fully saturated rings. The van der Waals surface area contributed by atoms with Gasteiger partial charge in [-0.05, 0) is 24.0 Å². The molecule has 0 bridgehead atoms. The molecular weight excluding hydrogens is 378 g/mol. The molecule has 0 radical (unpaired) electrons. The number of amides is 1. The van der Waals surface area contributed by atoms with Crippen LogP contribution in [-0.4, -0.2) is 29.4 Å². The number of hydrogen-bond donors (Lipinski definition) is 2. The minimum absolute atomic E-state index is 0.0307. The first-order valence-electron chi connectivity index (χ1n) is 12.4. The summed E-state index contributed by atoms with van der Waals surface area (Å²) in [5.74, 6) is 1.18. The van der Waals surface area contributed by atoms with E-state index in [1.54, 1.807) is 11.8 Å². The largest absolute Gasteiger partial charge is 0.394 e. The lowest BCUT2D eigenvalue weighted by Gasteiger charge is -2.12. The van der Waals surface area contributed by atoms with E-state index in [9.17, 15) is 9.90 Å². The fourth-order valence-corrected chi connectivity index (χ4v) is 4.20. The Morgan fingerprint density at radius 2 is 1.28 bits per heavy atom. The van der Waals surface area contributed by atoms with Gasteiger partial charge in [-0.1, -0.05) is 110 Å². The van der Waals surface area contributed by atoms with E-state index < -0.39 is 0 Å². The van der Waals surface area contributed by atoms with Crippen LogP contribution < -0.4 is 5.32 Å². The van der Waals surface area contributed by atoms with E-state index in [0.717, 1.165) is 18.6 Å². The molecule has 1 unspecified atom stereocenters. The van der Waals surface area contributed by atoms with Gasteiger partial charge in [-0.2, -0.15) is 0 Å². The third-order valence-corrected chi connectivity index (χ3v) is 6.20. The van der Waals surface area contributed by atoms with Gasteiger partial charge in [0.15, 0.2) is 0 Å². The molecule has 0 aromatic heterocycles. The second-order valence-electron chi connectivity index (χ2n) is 8.26. The molecule has 29 heavy (non-hydrogen) atoms. The Hall–Kier alpha value is -0.480. The van der Waals surface area contributed by atoms with Crippen molar-refractivity contribution in [2.24, 2.45) is 0 Å². The highest BCUT2D eigenvalue weighted by Crippen LogP contribution is 2.13. The Morgan fingerprint density at radius 3 is 1.79 bits per heavy atom. The van der Waals surface area contributed by atoms with Crippen molar-refractivity contribution in [3.8, 4) is 0 Å². The number of thioether (sulfide) groups is 1. The molecule has 4 heteroatoms. The van der Waals surface area contributed by atoms with Gasteiger partial charge in [-0.25, -0.2) is 0 Å². The zero-order valence-electron chi connectivity index (χ0n) is 19.4. The molecule has 0 aliphatic rings. The van der Waals surface area contributed by atoms with Gasteiger partial charge >= 0.3 is 0 Å². The summed E-state index contributed by atoms with van der Waals surface area (Å²) in [6.07, 6.45) is 23.3. The molecular formula is C25H49NO2S. The molecule has 1 amide bonds. The maximum absolute atomic E-state index is 11.9. The molecule has 0 aromatic rings. The fraction of sp³-hybridized carbons (Fsp3) is 0.880. The van der Waals surface area contributed by atoms with Crippen LogP contribution in [0.2, 0.25) is 0 Å². The monoisotopic (exact) mass is 427 g/mol. The lowest BCUT2D eigenvalue weighted by Crippen LogP contribution is -2.35. The van der Waals surface area contributed by atoms with Gasteiger partial charge in [0.1, 0.15) is 0 Å². The summed E-state index contributed by atoms with van der Waals surface area (Å²) in [7, 11) is 0. The van der Waals surface area contributed by atoms with Crippen LogP contribution in [0.5, 0.6) is 0 Å². The number of hydrogen-bond acceptors (Lipinski definition) is 3. The molecule has 172 valence electrons. The molecule has 0 saturated carbocycles. The first-order valence-corrected chi connectivity index (χ1v) is 13.5. The normalized spacial score (nSPS) is 12.5. The van der Waals surface area contributed by atoms with Gasteiger partial charge in [0.05, 0.1) is 12.6 Å². The highest BCUT2D eigenvalue weighted by molar-refractivity contribution is 8.02. The minimum atomic E-state index is -0.247. The summed E-state index contributed by atoms with van der Waals surface area (Å²) in [5.41, 5.74) is 0. The quantitative estimate of drug-likeness (QED) is 0.177. The molecule has 0 aliphatic carbocycles. The Bertz CT molecular complexity index is 374. The van der Waals surface area contributed by atoms with Gasteiger partial charge in [-0.3, -0.25) is 4.79 Å².